The summed E-state index contributed by atoms with van der Waals surface area (Å²) in [5.74, 6) is -0.722. The molecule has 0 bridgehead atoms. The Labute approximate surface area is 196 Å². The minimum atomic E-state index is -3.68. The van der Waals surface area contributed by atoms with Crippen LogP contribution in [0, 0.1) is 0 Å². The van der Waals surface area contributed by atoms with E-state index < -0.39 is 21.5 Å². The lowest BCUT2D eigenvalue weighted by atomic mass is 10.2. The third kappa shape index (κ3) is 5.74. The van der Waals surface area contributed by atoms with E-state index >= 15 is 0 Å². The van der Waals surface area contributed by atoms with Gasteiger partial charge in [0.25, 0.3) is 0 Å². The van der Waals surface area contributed by atoms with Crippen LogP contribution in [0.1, 0.15) is 18.1 Å². The summed E-state index contributed by atoms with van der Waals surface area (Å²) in [7, 11) is -3.68. The van der Waals surface area contributed by atoms with Crippen molar-refractivity contribution in [2.45, 2.75) is 19.2 Å². The van der Waals surface area contributed by atoms with Gasteiger partial charge in [0.15, 0.2) is 15.0 Å². The number of pyridine rings is 1. The number of ether oxygens (including phenoxy) is 1. The monoisotopic (exact) mass is 481 g/mol. The molecule has 4 rings (SSSR count). The maximum Gasteiger partial charge on any atom is 0.244 e. The molecule has 4 aromatic rings. The zero-order valence-electron chi connectivity index (χ0n) is 18.0. The Morgan fingerprint density at radius 3 is 2.55 bits per heavy atom. The number of hydrogen-bond donors (Lipinski definition) is 0. The minimum absolute atomic E-state index is 0.164. The quantitative estimate of drug-likeness (QED) is 0.355. The van der Waals surface area contributed by atoms with Crippen molar-refractivity contribution in [1.29, 1.82) is 0 Å². The van der Waals surface area contributed by atoms with Gasteiger partial charge in [-0.25, -0.2) is 13.4 Å². The number of carbonyl (C=O) groups is 1. The second-order valence-corrected chi connectivity index (χ2v) is 10.5. The van der Waals surface area contributed by atoms with Gasteiger partial charge in [-0.05, 0) is 36.2 Å². The number of para-hydroxylation sites is 1. The smallest absolute Gasteiger partial charge is 0.244 e. The molecule has 0 aliphatic rings. The Hall–Kier alpha value is -3.30. The van der Waals surface area contributed by atoms with E-state index in [1.54, 1.807) is 42.7 Å². The molecule has 2 aromatic heterocycles. The Morgan fingerprint density at radius 1 is 1.03 bits per heavy atom. The number of fused-ring (bicyclic) bond motifs is 1. The first-order valence-corrected chi connectivity index (χ1v) is 13.0. The first-order valence-electron chi connectivity index (χ1n) is 10.4. The Bertz CT molecular complexity index is 1340. The number of rotatable bonds is 9. The molecule has 33 heavy (non-hydrogen) atoms. The van der Waals surface area contributed by atoms with E-state index in [0.717, 1.165) is 10.3 Å². The number of carbonyl (C=O) groups excluding carboxylic acids is 1. The summed E-state index contributed by atoms with van der Waals surface area (Å²) in [6, 6.07) is 18.0. The highest BCUT2D eigenvalue weighted by Gasteiger charge is 2.26. The van der Waals surface area contributed by atoms with E-state index in [0.29, 0.717) is 28.6 Å². The summed E-state index contributed by atoms with van der Waals surface area (Å²) in [5, 5.41) is 0.418. The van der Waals surface area contributed by atoms with Crippen LogP contribution in [0.15, 0.2) is 73.1 Å². The molecule has 0 aliphatic carbocycles. The molecule has 9 heteroatoms. The normalized spacial score (nSPS) is 11.4. The standard InChI is InChI=1S/C24H23N3O4S2/c1-2-31-20-11-6-12-21-23(20)26-24(32-21)27(15-19-10-7-13-25-14-19)22(28)17-33(29,30)16-18-8-4-3-5-9-18/h3-14H,2,15-17H2,1H3. The van der Waals surface area contributed by atoms with Crippen LogP contribution in [0.4, 0.5) is 5.13 Å². The number of hydrogen-bond acceptors (Lipinski definition) is 7. The summed E-state index contributed by atoms with van der Waals surface area (Å²) >= 11 is 1.32. The van der Waals surface area contributed by atoms with Crippen LogP contribution in [0.2, 0.25) is 0 Å². The molecule has 0 atom stereocenters. The predicted octanol–water partition coefficient (Wildman–Crippen LogP) is 4.24. The fraction of sp³-hybridized carbons (Fsp3) is 0.208. The second kappa shape index (κ2) is 10.1. The van der Waals surface area contributed by atoms with Gasteiger partial charge >= 0.3 is 0 Å². The fourth-order valence-electron chi connectivity index (χ4n) is 3.38. The topological polar surface area (TPSA) is 89.5 Å². The number of nitrogens with zero attached hydrogens (tertiary/aromatic N) is 3. The van der Waals surface area contributed by atoms with E-state index in [4.69, 9.17) is 4.74 Å². The van der Waals surface area contributed by atoms with Crippen molar-refractivity contribution in [2.24, 2.45) is 0 Å². The van der Waals surface area contributed by atoms with Crippen molar-refractivity contribution in [3.8, 4) is 5.75 Å². The van der Waals surface area contributed by atoms with E-state index in [1.807, 2.05) is 37.3 Å². The predicted molar refractivity (Wildman–Crippen MR) is 130 cm³/mol. The van der Waals surface area contributed by atoms with E-state index in [-0.39, 0.29) is 12.3 Å². The van der Waals surface area contributed by atoms with Crippen molar-refractivity contribution in [3.63, 3.8) is 0 Å². The average Bonchev–Trinajstić information content (AvgIpc) is 3.23. The van der Waals surface area contributed by atoms with Crippen LogP contribution in [0.3, 0.4) is 0 Å². The summed E-state index contributed by atoms with van der Waals surface area (Å²) in [5.41, 5.74) is 2.07. The maximum atomic E-state index is 13.3. The van der Waals surface area contributed by atoms with Crippen molar-refractivity contribution in [3.05, 3.63) is 84.2 Å². The van der Waals surface area contributed by atoms with Crippen LogP contribution >= 0.6 is 11.3 Å². The van der Waals surface area contributed by atoms with Crippen LogP contribution in [0.25, 0.3) is 10.2 Å². The molecule has 1 amide bonds. The summed E-state index contributed by atoms with van der Waals surface area (Å²) in [4.78, 5) is 23.5. The van der Waals surface area contributed by atoms with Gasteiger partial charge < -0.3 is 4.74 Å². The van der Waals surface area contributed by atoms with Gasteiger partial charge in [-0.15, -0.1) is 0 Å². The highest BCUT2D eigenvalue weighted by molar-refractivity contribution is 7.91. The van der Waals surface area contributed by atoms with Gasteiger partial charge in [-0.1, -0.05) is 53.8 Å². The van der Waals surface area contributed by atoms with Gasteiger partial charge in [-0.3, -0.25) is 14.7 Å². The highest BCUT2D eigenvalue weighted by atomic mass is 32.2. The number of thiazole rings is 1. The van der Waals surface area contributed by atoms with Crippen molar-refractivity contribution in [1.82, 2.24) is 9.97 Å². The van der Waals surface area contributed by atoms with Gasteiger partial charge in [-0.2, -0.15) is 0 Å². The zero-order valence-corrected chi connectivity index (χ0v) is 19.7. The van der Waals surface area contributed by atoms with Gasteiger partial charge in [0.1, 0.15) is 17.0 Å². The third-order valence-electron chi connectivity index (χ3n) is 4.84. The van der Waals surface area contributed by atoms with Gasteiger partial charge in [0, 0.05) is 12.4 Å². The van der Waals surface area contributed by atoms with Crippen LogP contribution in [-0.2, 0) is 26.9 Å². The lowest BCUT2D eigenvalue weighted by Crippen LogP contribution is -2.35. The molecule has 2 aromatic carbocycles. The molecular formula is C24H23N3O4S2. The molecular weight excluding hydrogens is 458 g/mol. The van der Waals surface area contributed by atoms with E-state index in [2.05, 4.69) is 9.97 Å². The first kappa shape index (κ1) is 22.9. The second-order valence-electron chi connectivity index (χ2n) is 7.39. The summed E-state index contributed by atoms with van der Waals surface area (Å²) in [6.07, 6.45) is 3.30. The molecule has 0 aliphatic heterocycles. The lowest BCUT2D eigenvalue weighted by molar-refractivity contribution is -0.116. The summed E-state index contributed by atoms with van der Waals surface area (Å²) < 4.78 is 32.2. The number of aromatic nitrogens is 2. The molecule has 0 radical (unpaired) electrons. The number of amides is 1. The molecule has 2 heterocycles. The highest BCUT2D eigenvalue weighted by Crippen LogP contribution is 2.35. The van der Waals surface area contributed by atoms with Gasteiger partial charge in [0.05, 0.1) is 23.6 Å². The maximum absolute atomic E-state index is 13.3. The molecule has 0 spiro atoms. The van der Waals surface area contributed by atoms with Crippen molar-refractivity contribution >= 4 is 42.4 Å². The largest absolute Gasteiger partial charge is 0.492 e. The molecule has 0 saturated carbocycles. The Kier molecular flexibility index (Phi) is 7.00. The first-order chi connectivity index (χ1) is 15.9. The molecule has 0 unspecified atom stereocenters. The molecule has 170 valence electrons. The third-order valence-corrected chi connectivity index (χ3v) is 7.34. The zero-order chi connectivity index (χ0) is 23.3. The minimum Gasteiger partial charge on any atom is -0.492 e. The molecule has 0 N–H and O–H groups in total. The Morgan fingerprint density at radius 2 is 1.82 bits per heavy atom. The lowest BCUT2D eigenvalue weighted by Gasteiger charge is -2.20. The van der Waals surface area contributed by atoms with Crippen molar-refractivity contribution < 1.29 is 17.9 Å². The number of sulfone groups is 1. The number of anilines is 1. The molecule has 0 saturated heterocycles. The van der Waals surface area contributed by atoms with Crippen LogP contribution < -0.4 is 9.64 Å². The molecule has 7 nitrogen and oxygen atoms in total. The average molecular weight is 482 g/mol. The van der Waals surface area contributed by atoms with Crippen molar-refractivity contribution in [2.75, 3.05) is 17.3 Å². The number of benzene rings is 2. The fourth-order valence-corrected chi connectivity index (χ4v) is 5.72. The van der Waals surface area contributed by atoms with Crippen LogP contribution in [-0.4, -0.2) is 36.7 Å². The van der Waals surface area contributed by atoms with E-state index in [1.165, 1.54) is 16.2 Å². The van der Waals surface area contributed by atoms with Crippen LogP contribution in [0.5, 0.6) is 5.75 Å². The Balaban J connectivity index is 1.66. The summed E-state index contributed by atoms with van der Waals surface area (Å²) in [6.45, 7) is 2.54. The van der Waals surface area contributed by atoms with Gasteiger partial charge in [0.2, 0.25) is 5.91 Å². The molecule has 0 fully saturated rings. The SMILES string of the molecule is CCOc1cccc2sc(N(Cc3cccnc3)C(=O)CS(=O)(=O)Cc3ccccc3)nc12. The van der Waals surface area contributed by atoms with E-state index in [9.17, 15) is 13.2 Å².